The SMILES string of the molecule is Cc1ccc([C@@H](CO)C2CCCCN2C(=O)OC(C)(C)C)cc1. The number of carbonyl (C=O) groups excluding carboxylic acids is 1. The Morgan fingerprint density at radius 3 is 2.52 bits per heavy atom. The van der Waals surface area contributed by atoms with Crippen LogP contribution in [0.15, 0.2) is 24.3 Å². The highest BCUT2D eigenvalue weighted by Gasteiger charge is 2.35. The fourth-order valence-corrected chi connectivity index (χ4v) is 3.19. The molecule has 0 saturated carbocycles. The van der Waals surface area contributed by atoms with Crippen LogP contribution in [0.4, 0.5) is 4.79 Å². The predicted octanol–water partition coefficient (Wildman–Crippen LogP) is 3.86. The van der Waals surface area contributed by atoms with Crippen LogP contribution in [0.5, 0.6) is 0 Å². The van der Waals surface area contributed by atoms with Gasteiger partial charge in [-0.05, 0) is 52.5 Å². The molecule has 0 radical (unpaired) electrons. The summed E-state index contributed by atoms with van der Waals surface area (Å²) >= 11 is 0. The van der Waals surface area contributed by atoms with Gasteiger partial charge in [0.15, 0.2) is 0 Å². The molecule has 1 amide bonds. The molecule has 4 heteroatoms. The van der Waals surface area contributed by atoms with Gasteiger partial charge in [0.2, 0.25) is 0 Å². The quantitative estimate of drug-likeness (QED) is 0.920. The van der Waals surface area contributed by atoms with Crippen molar-refractivity contribution in [1.82, 2.24) is 4.90 Å². The lowest BCUT2D eigenvalue weighted by atomic mass is 9.85. The summed E-state index contributed by atoms with van der Waals surface area (Å²) in [7, 11) is 0. The molecule has 23 heavy (non-hydrogen) atoms. The molecule has 1 heterocycles. The van der Waals surface area contributed by atoms with E-state index in [1.54, 1.807) is 0 Å². The molecule has 2 rings (SSSR count). The molecule has 1 unspecified atom stereocenters. The van der Waals surface area contributed by atoms with E-state index in [-0.39, 0.29) is 24.7 Å². The summed E-state index contributed by atoms with van der Waals surface area (Å²) in [4.78, 5) is 14.4. The average Bonchev–Trinajstić information content (AvgIpc) is 2.48. The second kappa shape index (κ2) is 7.35. The van der Waals surface area contributed by atoms with Gasteiger partial charge >= 0.3 is 6.09 Å². The molecule has 1 aromatic rings. The second-order valence-corrected chi connectivity index (χ2v) is 7.44. The Kier molecular flexibility index (Phi) is 5.69. The van der Waals surface area contributed by atoms with Crippen molar-refractivity contribution in [3.05, 3.63) is 35.4 Å². The van der Waals surface area contributed by atoms with Crippen molar-refractivity contribution in [1.29, 1.82) is 0 Å². The van der Waals surface area contributed by atoms with Crippen molar-refractivity contribution < 1.29 is 14.6 Å². The van der Waals surface area contributed by atoms with Gasteiger partial charge in [0.05, 0.1) is 6.61 Å². The molecular formula is C19H29NO3. The van der Waals surface area contributed by atoms with Crippen molar-refractivity contribution in [3.8, 4) is 0 Å². The minimum atomic E-state index is -0.502. The number of aryl methyl sites for hydroxylation is 1. The van der Waals surface area contributed by atoms with Gasteiger partial charge in [0.25, 0.3) is 0 Å². The van der Waals surface area contributed by atoms with E-state index < -0.39 is 5.60 Å². The second-order valence-electron chi connectivity index (χ2n) is 7.44. The third-order valence-electron chi connectivity index (χ3n) is 4.34. The Hall–Kier alpha value is -1.55. The van der Waals surface area contributed by atoms with Crippen molar-refractivity contribution >= 4 is 6.09 Å². The normalized spacial score (nSPS) is 20.2. The Bertz CT molecular complexity index is 518. The van der Waals surface area contributed by atoms with Crippen LogP contribution in [-0.2, 0) is 4.74 Å². The molecule has 0 spiro atoms. The lowest BCUT2D eigenvalue weighted by Crippen LogP contribution is -2.49. The van der Waals surface area contributed by atoms with E-state index in [0.29, 0.717) is 6.54 Å². The van der Waals surface area contributed by atoms with Gasteiger partial charge in [-0.2, -0.15) is 0 Å². The van der Waals surface area contributed by atoms with Crippen LogP contribution in [0.2, 0.25) is 0 Å². The number of aliphatic hydroxyl groups is 1. The zero-order valence-electron chi connectivity index (χ0n) is 14.7. The lowest BCUT2D eigenvalue weighted by Gasteiger charge is -2.40. The number of ether oxygens (including phenoxy) is 1. The van der Waals surface area contributed by atoms with Crippen molar-refractivity contribution in [2.45, 2.75) is 64.5 Å². The summed E-state index contributed by atoms with van der Waals surface area (Å²) < 4.78 is 5.56. The van der Waals surface area contributed by atoms with Crippen LogP contribution in [0.1, 0.15) is 57.1 Å². The number of benzene rings is 1. The van der Waals surface area contributed by atoms with Gasteiger partial charge in [0.1, 0.15) is 5.60 Å². The number of carbonyl (C=O) groups is 1. The van der Waals surface area contributed by atoms with Gasteiger partial charge in [-0.25, -0.2) is 4.79 Å². The lowest BCUT2D eigenvalue weighted by molar-refractivity contribution is 0.00347. The third-order valence-corrected chi connectivity index (χ3v) is 4.34. The summed E-state index contributed by atoms with van der Waals surface area (Å²) in [6.45, 7) is 8.42. The monoisotopic (exact) mass is 319 g/mol. The van der Waals surface area contributed by atoms with Crippen molar-refractivity contribution in [2.75, 3.05) is 13.2 Å². The number of hydrogen-bond acceptors (Lipinski definition) is 3. The topological polar surface area (TPSA) is 49.8 Å². The van der Waals surface area contributed by atoms with E-state index in [1.807, 2.05) is 32.6 Å². The van der Waals surface area contributed by atoms with Crippen LogP contribution in [0, 0.1) is 6.92 Å². The molecule has 1 saturated heterocycles. The molecule has 0 aliphatic carbocycles. The van der Waals surface area contributed by atoms with Crippen LogP contribution >= 0.6 is 0 Å². The summed E-state index contributed by atoms with van der Waals surface area (Å²) in [6.07, 6.45) is 2.69. The highest BCUT2D eigenvalue weighted by molar-refractivity contribution is 5.69. The minimum absolute atomic E-state index is 0.00805. The maximum Gasteiger partial charge on any atom is 0.410 e. The molecule has 1 aromatic carbocycles. The summed E-state index contributed by atoms with van der Waals surface area (Å²) in [6, 6.07) is 8.21. The molecule has 1 aliphatic heterocycles. The van der Waals surface area contributed by atoms with Crippen LogP contribution in [0.25, 0.3) is 0 Å². The fourth-order valence-electron chi connectivity index (χ4n) is 3.19. The number of hydrogen-bond donors (Lipinski definition) is 1. The Morgan fingerprint density at radius 2 is 1.96 bits per heavy atom. The van der Waals surface area contributed by atoms with E-state index in [4.69, 9.17) is 4.74 Å². The first-order valence-electron chi connectivity index (χ1n) is 8.49. The van der Waals surface area contributed by atoms with Gasteiger partial charge in [0, 0.05) is 18.5 Å². The maximum atomic E-state index is 12.6. The van der Waals surface area contributed by atoms with Crippen molar-refractivity contribution in [2.24, 2.45) is 0 Å². The molecule has 1 aliphatic rings. The first-order valence-corrected chi connectivity index (χ1v) is 8.49. The standard InChI is InChI=1S/C19H29NO3/c1-14-8-10-15(11-9-14)16(13-21)17-7-5-6-12-20(17)18(22)23-19(2,3)4/h8-11,16-17,21H,5-7,12-13H2,1-4H3/t16-,17?/m1/s1. The molecular weight excluding hydrogens is 290 g/mol. The number of piperidine rings is 1. The van der Waals surface area contributed by atoms with Crippen LogP contribution in [-0.4, -0.2) is 40.9 Å². The van der Waals surface area contributed by atoms with Gasteiger partial charge in [-0.15, -0.1) is 0 Å². The van der Waals surface area contributed by atoms with Crippen LogP contribution in [0.3, 0.4) is 0 Å². The maximum absolute atomic E-state index is 12.6. The Labute approximate surface area is 139 Å². The molecule has 4 nitrogen and oxygen atoms in total. The minimum Gasteiger partial charge on any atom is -0.444 e. The number of likely N-dealkylation sites (tertiary alicyclic amines) is 1. The highest BCUT2D eigenvalue weighted by atomic mass is 16.6. The largest absolute Gasteiger partial charge is 0.444 e. The highest BCUT2D eigenvalue weighted by Crippen LogP contribution is 2.31. The molecule has 0 aromatic heterocycles. The summed E-state index contributed by atoms with van der Waals surface area (Å²) in [5, 5.41) is 9.95. The van der Waals surface area contributed by atoms with Crippen LogP contribution < -0.4 is 0 Å². The zero-order valence-corrected chi connectivity index (χ0v) is 14.7. The van der Waals surface area contributed by atoms with E-state index in [0.717, 1.165) is 24.8 Å². The molecule has 2 atom stereocenters. The Balaban J connectivity index is 2.21. The van der Waals surface area contributed by atoms with E-state index >= 15 is 0 Å². The number of amides is 1. The zero-order chi connectivity index (χ0) is 17.0. The summed E-state index contributed by atoms with van der Waals surface area (Å²) in [5.41, 5.74) is 1.77. The van der Waals surface area contributed by atoms with E-state index in [9.17, 15) is 9.90 Å². The van der Waals surface area contributed by atoms with Crippen molar-refractivity contribution in [3.63, 3.8) is 0 Å². The van der Waals surface area contributed by atoms with E-state index in [1.165, 1.54) is 5.56 Å². The van der Waals surface area contributed by atoms with Gasteiger partial charge in [-0.1, -0.05) is 29.8 Å². The molecule has 1 fully saturated rings. The number of rotatable bonds is 3. The summed E-state index contributed by atoms with van der Waals surface area (Å²) in [5.74, 6) is -0.0663. The van der Waals surface area contributed by atoms with Gasteiger partial charge < -0.3 is 14.7 Å². The molecule has 128 valence electrons. The smallest absolute Gasteiger partial charge is 0.410 e. The Morgan fingerprint density at radius 1 is 1.30 bits per heavy atom. The molecule has 1 N–H and O–H groups in total. The fraction of sp³-hybridized carbons (Fsp3) is 0.632. The first-order chi connectivity index (χ1) is 10.8. The predicted molar refractivity (Wildman–Crippen MR) is 91.6 cm³/mol. The first kappa shape index (κ1) is 17.8. The van der Waals surface area contributed by atoms with Gasteiger partial charge in [-0.3, -0.25) is 0 Å². The number of nitrogens with zero attached hydrogens (tertiary/aromatic N) is 1. The third kappa shape index (κ3) is 4.71. The van der Waals surface area contributed by atoms with E-state index in [2.05, 4.69) is 24.3 Å². The molecule has 0 bridgehead atoms. The number of aliphatic hydroxyl groups excluding tert-OH is 1. The average molecular weight is 319 g/mol.